The average molecular weight is 361 g/mol. The van der Waals surface area contributed by atoms with Gasteiger partial charge in [0, 0.05) is 4.47 Å². The predicted molar refractivity (Wildman–Crippen MR) is 78.2 cm³/mol. The van der Waals surface area contributed by atoms with E-state index in [1.807, 2.05) is 6.92 Å². The Morgan fingerprint density at radius 1 is 1.20 bits per heavy atom. The number of anilines is 1. The Morgan fingerprint density at radius 3 is 2.35 bits per heavy atom. The van der Waals surface area contributed by atoms with Crippen LogP contribution in [-0.4, -0.2) is 5.91 Å². The van der Waals surface area contributed by atoms with Gasteiger partial charge in [-0.25, -0.2) is 8.78 Å². The molecule has 0 aliphatic heterocycles. The largest absolute Gasteiger partial charge is 0.317 e. The van der Waals surface area contributed by atoms with Crippen LogP contribution in [0.15, 0.2) is 34.8 Å². The zero-order chi connectivity index (χ0) is 14.9. The van der Waals surface area contributed by atoms with E-state index in [4.69, 9.17) is 11.6 Å². The summed E-state index contributed by atoms with van der Waals surface area (Å²) >= 11 is 8.90. The van der Waals surface area contributed by atoms with Crippen LogP contribution in [0, 0.1) is 18.6 Å². The van der Waals surface area contributed by atoms with Crippen molar-refractivity contribution >= 4 is 39.1 Å². The van der Waals surface area contributed by atoms with Crippen molar-refractivity contribution in [1.82, 2.24) is 0 Å². The lowest BCUT2D eigenvalue weighted by Gasteiger charge is -2.09. The summed E-state index contributed by atoms with van der Waals surface area (Å²) < 4.78 is 27.5. The number of benzene rings is 2. The van der Waals surface area contributed by atoms with Crippen molar-refractivity contribution in [2.24, 2.45) is 0 Å². The molecule has 0 bridgehead atoms. The lowest BCUT2D eigenvalue weighted by Crippen LogP contribution is -2.15. The molecule has 20 heavy (non-hydrogen) atoms. The third kappa shape index (κ3) is 3.16. The van der Waals surface area contributed by atoms with Gasteiger partial charge in [0.15, 0.2) is 11.6 Å². The van der Waals surface area contributed by atoms with Crippen molar-refractivity contribution in [2.45, 2.75) is 6.92 Å². The molecular formula is C14H9BrClF2NO. The van der Waals surface area contributed by atoms with E-state index < -0.39 is 23.2 Å². The first-order valence-electron chi connectivity index (χ1n) is 5.60. The molecule has 0 atom stereocenters. The topological polar surface area (TPSA) is 29.1 Å². The van der Waals surface area contributed by atoms with E-state index in [1.165, 1.54) is 6.07 Å². The van der Waals surface area contributed by atoms with Gasteiger partial charge in [-0.15, -0.1) is 0 Å². The molecule has 0 aromatic heterocycles. The smallest absolute Gasteiger partial charge is 0.257 e. The summed E-state index contributed by atoms with van der Waals surface area (Å²) in [7, 11) is 0. The highest BCUT2D eigenvalue weighted by molar-refractivity contribution is 9.10. The Balaban J connectivity index is 2.33. The molecule has 0 saturated heterocycles. The molecule has 104 valence electrons. The van der Waals surface area contributed by atoms with Crippen LogP contribution in [-0.2, 0) is 0 Å². The average Bonchev–Trinajstić information content (AvgIpc) is 2.33. The Bertz CT molecular complexity index is 668. The Labute approximate surface area is 127 Å². The second-order valence-electron chi connectivity index (χ2n) is 4.18. The molecule has 2 rings (SSSR count). The standard InChI is InChI=1S/C14H9BrClF2NO/c1-7-2-3-9(10(16)4-7)14(20)19-13-11(17)5-8(15)6-12(13)18/h2-6H,1H3,(H,19,20). The number of hydrogen-bond acceptors (Lipinski definition) is 1. The van der Waals surface area contributed by atoms with Gasteiger partial charge in [-0.05, 0) is 36.8 Å². The van der Waals surface area contributed by atoms with Crippen LogP contribution in [0.1, 0.15) is 15.9 Å². The van der Waals surface area contributed by atoms with Crippen LogP contribution in [0.25, 0.3) is 0 Å². The van der Waals surface area contributed by atoms with Crippen molar-refractivity contribution in [2.75, 3.05) is 5.32 Å². The van der Waals surface area contributed by atoms with Gasteiger partial charge >= 0.3 is 0 Å². The van der Waals surface area contributed by atoms with Gasteiger partial charge in [0.25, 0.3) is 5.91 Å². The zero-order valence-electron chi connectivity index (χ0n) is 10.3. The minimum absolute atomic E-state index is 0.152. The van der Waals surface area contributed by atoms with E-state index in [1.54, 1.807) is 12.1 Å². The summed E-state index contributed by atoms with van der Waals surface area (Å²) in [4.78, 5) is 12.0. The normalized spacial score (nSPS) is 10.4. The van der Waals surface area contributed by atoms with Crippen LogP contribution < -0.4 is 5.32 Å². The van der Waals surface area contributed by atoms with E-state index in [0.29, 0.717) is 0 Å². The summed E-state index contributed by atoms with van der Waals surface area (Å²) in [5.74, 6) is -2.41. The summed E-state index contributed by atoms with van der Waals surface area (Å²) in [5, 5.41) is 2.41. The van der Waals surface area contributed by atoms with E-state index in [2.05, 4.69) is 21.2 Å². The molecule has 0 heterocycles. The Kier molecular flexibility index (Phi) is 4.40. The van der Waals surface area contributed by atoms with Crippen molar-refractivity contribution in [1.29, 1.82) is 0 Å². The number of nitrogens with one attached hydrogen (secondary N) is 1. The molecule has 0 aliphatic rings. The highest BCUT2D eigenvalue weighted by Crippen LogP contribution is 2.25. The molecule has 2 nitrogen and oxygen atoms in total. The summed E-state index contributed by atoms with van der Waals surface area (Å²) in [6.07, 6.45) is 0. The van der Waals surface area contributed by atoms with Crippen molar-refractivity contribution in [3.05, 3.63) is 62.6 Å². The molecule has 0 aliphatic carbocycles. The first kappa shape index (κ1) is 14.9. The number of halogens is 4. The summed E-state index contributed by atoms with van der Waals surface area (Å²) in [6.45, 7) is 1.82. The second-order valence-corrected chi connectivity index (χ2v) is 5.50. The molecule has 6 heteroatoms. The van der Waals surface area contributed by atoms with Gasteiger partial charge in [-0.3, -0.25) is 4.79 Å². The monoisotopic (exact) mass is 359 g/mol. The molecule has 0 radical (unpaired) electrons. The van der Waals surface area contributed by atoms with Crippen molar-refractivity contribution in [3.63, 3.8) is 0 Å². The first-order chi connectivity index (χ1) is 9.38. The first-order valence-corrected chi connectivity index (χ1v) is 6.77. The second kappa shape index (κ2) is 5.89. The summed E-state index contributed by atoms with van der Waals surface area (Å²) in [5.41, 5.74) is 0.529. The van der Waals surface area contributed by atoms with E-state index in [-0.39, 0.29) is 15.1 Å². The maximum atomic E-state index is 13.6. The number of aryl methyl sites for hydroxylation is 1. The molecule has 1 N–H and O–H groups in total. The van der Waals surface area contributed by atoms with Gasteiger partial charge in [-0.1, -0.05) is 33.6 Å². The van der Waals surface area contributed by atoms with Crippen molar-refractivity contribution < 1.29 is 13.6 Å². The van der Waals surface area contributed by atoms with E-state index in [9.17, 15) is 13.6 Å². The molecule has 2 aromatic carbocycles. The molecule has 0 spiro atoms. The molecule has 2 aromatic rings. The number of carbonyl (C=O) groups is 1. The number of carbonyl (C=O) groups excluding carboxylic acids is 1. The van der Waals surface area contributed by atoms with Crippen LogP contribution in [0.4, 0.5) is 14.5 Å². The van der Waals surface area contributed by atoms with Gasteiger partial charge < -0.3 is 5.32 Å². The molecular weight excluding hydrogens is 352 g/mol. The lowest BCUT2D eigenvalue weighted by atomic mass is 10.1. The van der Waals surface area contributed by atoms with E-state index >= 15 is 0 Å². The highest BCUT2D eigenvalue weighted by Gasteiger charge is 2.16. The highest BCUT2D eigenvalue weighted by atomic mass is 79.9. The fourth-order valence-corrected chi connectivity index (χ4v) is 2.37. The van der Waals surface area contributed by atoms with Gasteiger partial charge in [0.2, 0.25) is 0 Å². The fraction of sp³-hybridized carbons (Fsp3) is 0.0714. The van der Waals surface area contributed by atoms with Crippen molar-refractivity contribution in [3.8, 4) is 0 Å². The number of rotatable bonds is 2. The van der Waals surface area contributed by atoms with Gasteiger partial charge in [0.1, 0.15) is 5.69 Å². The maximum absolute atomic E-state index is 13.6. The van der Waals surface area contributed by atoms with Crippen LogP contribution in [0.5, 0.6) is 0 Å². The van der Waals surface area contributed by atoms with Crippen LogP contribution >= 0.6 is 27.5 Å². The third-order valence-corrected chi connectivity index (χ3v) is 3.39. The molecule has 1 amide bonds. The zero-order valence-corrected chi connectivity index (χ0v) is 12.6. The lowest BCUT2D eigenvalue weighted by molar-refractivity contribution is 0.102. The minimum Gasteiger partial charge on any atom is -0.317 e. The van der Waals surface area contributed by atoms with E-state index in [0.717, 1.165) is 17.7 Å². The number of hydrogen-bond donors (Lipinski definition) is 1. The summed E-state index contributed by atoms with van der Waals surface area (Å²) in [6, 6.07) is 6.92. The predicted octanol–water partition coefficient (Wildman–Crippen LogP) is 4.94. The third-order valence-electron chi connectivity index (χ3n) is 2.61. The van der Waals surface area contributed by atoms with Crippen LogP contribution in [0.2, 0.25) is 5.02 Å². The maximum Gasteiger partial charge on any atom is 0.257 e. The SMILES string of the molecule is Cc1ccc(C(=O)Nc2c(F)cc(Br)cc2F)c(Cl)c1. The Morgan fingerprint density at radius 2 is 1.80 bits per heavy atom. The van der Waals surface area contributed by atoms with Gasteiger partial charge in [-0.2, -0.15) is 0 Å². The Hall–Kier alpha value is -1.46. The fourth-order valence-electron chi connectivity index (χ4n) is 1.65. The van der Waals surface area contributed by atoms with Gasteiger partial charge in [0.05, 0.1) is 10.6 Å². The van der Waals surface area contributed by atoms with Crippen LogP contribution in [0.3, 0.4) is 0 Å². The molecule has 0 unspecified atom stereocenters. The number of amides is 1. The quantitative estimate of drug-likeness (QED) is 0.807. The minimum atomic E-state index is -0.867. The molecule has 0 saturated carbocycles. The molecule has 0 fully saturated rings.